The lowest BCUT2D eigenvalue weighted by molar-refractivity contribution is -0.150. The highest BCUT2D eigenvalue weighted by molar-refractivity contribution is 5.93. The number of rotatable bonds is 5. The minimum absolute atomic E-state index is 0.0298. The van der Waals surface area contributed by atoms with Gasteiger partial charge < -0.3 is 23.7 Å². The van der Waals surface area contributed by atoms with Crippen LogP contribution in [0, 0.1) is 5.92 Å². The first-order valence-electron chi connectivity index (χ1n) is 10.9. The van der Waals surface area contributed by atoms with Crippen LogP contribution < -0.4 is 4.74 Å². The van der Waals surface area contributed by atoms with Gasteiger partial charge >= 0.3 is 5.97 Å². The summed E-state index contributed by atoms with van der Waals surface area (Å²) in [6, 6.07) is 10.9. The summed E-state index contributed by atoms with van der Waals surface area (Å²) in [5.41, 5.74) is 0.263. The SMILES string of the molecule is CCN1C(=O)CC(C(=O)OC)C12CCN(C(=O)c1ccc(-c3ccc(OC)cc3)o1)CC2. The molecule has 4 rings (SSSR count). The summed E-state index contributed by atoms with van der Waals surface area (Å²) in [6.45, 7) is 3.33. The molecule has 2 fully saturated rings. The molecule has 8 nitrogen and oxygen atoms in total. The van der Waals surface area contributed by atoms with E-state index >= 15 is 0 Å². The van der Waals surface area contributed by atoms with Gasteiger partial charge in [0.2, 0.25) is 5.91 Å². The first kappa shape index (κ1) is 21.9. The Morgan fingerprint density at radius 2 is 1.78 bits per heavy atom. The maximum absolute atomic E-state index is 13.1. The molecule has 0 radical (unpaired) electrons. The maximum Gasteiger partial charge on any atom is 0.311 e. The zero-order valence-electron chi connectivity index (χ0n) is 18.6. The lowest BCUT2D eigenvalue weighted by Gasteiger charge is -2.46. The van der Waals surface area contributed by atoms with Crippen LogP contribution in [-0.2, 0) is 14.3 Å². The molecule has 2 aliphatic heterocycles. The summed E-state index contributed by atoms with van der Waals surface area (Å²) in [4.78, 5) is 41.5. The summed E-state index contributed by atoms with van der Waals surface area (Å²) in [5, 5.41) is 0. The lowest BCUT2D eigenvalue weighted by Crippen LogP contribution is -2.58. The van der Waals surface area contributed by atoms with Crippen molar-refractivity contribution in [2.75, 3.05) is 33.9 Å². The summed E-state index contributed by atoms with van der Waals surface area (Å²) in [5.74, 6) is 0.543. The standard InChI is InChI=1S/C24H28N2O6/c1-4-26-21(27)15-18(23(29)31-3)24(26)11-13-25(14-12-24)22(28)20-10-9-19(32-20)16-5-7-17(30-2)8-6-16/h5-10,18H,4,11-15H2,1-3H3. The first-order valence-corrected chi connectivity index (χ1v) is 10.9. The molecule has 170 valence electrons. The van der Waals surface area contributed by atoms with Crippen LogP contribution >= 0.6 is 0 Å². The molecule has 32 heavy (non-hydrogen) atoms. The molecule has 0 saturated carbocycles. The molecule has 0 aliphatic carbocycles. The van der Waals surface area contributed by atoms with Gasteiger partial charge in [0, 0.05) is 31.6 Å². The van der Waals surface area contributed by atoms with Crippen molar-refractivity contribution in [3.8, 4) is 17.1 Å². The quantitative estimate of drug-likeness (QED) is 0.664. The number of methoxy groups -OCH3 is 2. The second kappa shape index (κ2) is 8.68. The first-order chi connectivity index (χ1) is 15.4. The van der Waals surface area contributed by atoms with Gasteiger partial charge in [-0.05, 0) is 56.2 Å². The molecule has 1 spiro atoms. The third-order valence-electron chi connectivity index (χ3n) is 6.78. The molecule has 2 saturated heterocycles. The fourth-order valence-corrected chi connectivity index (χ4v) is 5.08. The normalized spacial score (nSPS) is 20.0. The molecule has 1 aromatic heterocycles. The van der Waals surface area contributed by atoms with Crippen LogP contribution in [0.5, 0.6) is 5.75 Å². The van der Waals surface area contributed by atoms with E-state index in [0.29, 0.717) is 38.2 Å². The van der Waals surface area contributed by atoms with Crippen molar-refractivity contribution in [3.05, 3.63) is 42.2 Å². The smallest absolute Gasteiger partial charge is 0.311 e. The zero-order chi connectivity index (χ0) is 22.9. The number of carbonyl (C=O) groups is 3. The molecular formula is C24H28N2O6. The number of hydrogen-bond acceptors (Lipinski definition) is 6. The molecule has 8 heteroatoms. The fraction of sp³-hybridized carbons (Fsp3) is 0.458. The van der Waals surface area contributed by atoms with Crippen molar-refractivity contribution < 1.29 is 28.3 Å². The number of carbonyl (C=O) groups excluding carboxylic acids is 3. The molecular weight excluding hydrogens is 412 g/mol. The number of amides is 2. The lowest BCUT2D eigenvalue weighted by atomic mass is 9.76. The average molecular weight is 440 g/mol. The predicted molar refractivity (Wildman–Crippen MR) is 116 cm³/mol. The average Bonchev–Trinajstić information content (AvgIpc) is 3.42. The molecule has 3 heterocycles. The number of benzene rings is 1. The van der Waals surface area contributed by atoms with E-state index in [1.54, 1.807) is 29.0 Å². The molecule has 0 N–H and O–H groups in total. The van der Waals surface area contributed by atoms with Crippen molar-refractivity contribution in [2.24, 2.45) is 5.92 Å². The van der Waals surface area contributed by atoms with Crippen LogP contribution in [0.4, 0.5) is 0 Å². The van der Waals surface area contributed by atoms with Crippen molar-refractivity contribution >= 4 is 17.8 Å². The van der Waals surface area contributed by atoms with E-state index in [4.69, 9.17) is 13.9 Å². The minimum Gasteiger partial charge on any atom is -0.497 e. The molecule has 1 unspecified atom stereocenters. The van der Waals surface area contributed by atoms with Gasteiger partial charge in [-0.25, -0.2) is 0 Å². The van der Waals surface area contributed by atoms with Gasteiger partial charge in [0.15, 0.2) is 5.76 Å². The highest BCUT2D eigenvalue weighted by atomic mass is 16.5. The minimum atomic E-state index is -0.590. The third kappa shape index (κ3) is 3.63. The van der Waals surface area contributed by atoms with Crippen molar-refractivity contribution in [2.45, 2.75) is 31.7 Å². The molecule has 2 amide bonds. The van der Waals surface area contributed by atoms with Gasteiger partial charge in [0.1, 0.15) is 11.5 Å². The van der Waals surface area contributed by atoms with Crippen LogP contribution in [-0.4, -0.2) is 67.0 Å². The number of ether oxygens (including phenoxy) is 2. The highest BCUT2D eigenvalue weighted by Crippen LogP contribution is 2.44. The number of likely N-dealkylation sites (tertiary alicyclic amines) is 2. The van der Waals surface area contributed by atoms with Crippen LogP contribution in [0.3, 0.4) is 0 Å². The van der Waals surface area contributed by atoms with E-state index in [0.717, 1.165) is 11.3 Å². The van der Waals surface area contributed by atoms with Crippen molar-refractivity contribution in [3.63, 3.8) is 0 Å². The van der Waals surface area contributed by atoms with E-state index < -0.39 is 11.5 Å². The maximum atomic E-state index is 13.1. The molecule has 0 bridgehead atoms. The van der Waals surface area contributed by atoms with Gasteiger partial charge in [-0.2, -0.15) is 0 Å². The number of furan rings is 1. The largest absolute Gasteiger partial charge is 0.497 e. The molecule has 1 aromatic carbocycles. The van der Waals surface area contributed by atoms with E-state index in [-0.39, 0.29) is 30.0 Å². The molecule has 1 atom stereocenters. The highest BCUT2D eigenvalue weighted by Gasteiger charge is 2.56. The fourth-order valence-electron chi connectivity index (χ4n) is 5.08. The zero-order valence-corrected chi connectivity index (χ0v) is 18.6. The Labute approximate surface area is 187 Å². The topological polar surface area (TPSA) is 89.3 Å². The van der Waals surface area contributed by atoms with Gasteiger partial charge in [0.05, 0.1) is 25.7 Å². The second-order valence-electron chi connectivity index (χ2n) is 8.21. The summed E-state index contributed by atoms with van der Waals surface area (Å²) in [7, 11) is 2.96. The van der Waals surface area contributed by atoms with E-state index in [2.05, 4.69) is 0 Å². The summed E-state index contributed by atoms with van der Waals surface area (Å²) < 4.78 is 16.0. The van der Waals surface area contributed by atoms with Crippen LogP contribution in [0.15, 0.2) is 40.8 Å². The Bertz CT molecular complexity index is 1000. The van der Waals surface area contributed by atoms with Crippen LogP contribution in [0.1, 0.15) is 36.7 Å². The monoisotopic (exact) mass is 440 g/mol. The van der Waals surface area contributed by atoms with Gasteiger partial charge in [-0.3, -0.25) is 14.4 Å². The van der Waals surface area contributed by atoms with Crippen molar-refractivity contribution in [1.29, 1.82) is 0 Å². The van der Waals surface area contributed by atoms with E-state index in [9.17, 15) is 14.4 Å². The molecule has 2 aromatic rings. The van der Waals surface area contributed by atoms with Gasteiger partial charge in [-0.1, -0.05) is 0 Å². The Hall–Kier alpha value is -3.29. The third-order valence-corrected chi connectivity index (χ3v) is 6.78. The Morgan fingerprint density at radius 3 is 2.38 bits per heavy atom. The summed E-state index contributed by atoms with van der Waals surface area (Å²) >= 11 is 0. The van der Waals surface area contributed by atoms with Crippen LogP contribution in [0.25, 0.3) is 11.3 Å². The van der Waals surface area contributed by atoms with Crippen LogP contribution in [0.2, 0.25) is 0 Å². The Kier molecular flexibility index (Phi) is 5.95. The van der Waals surface area contributed by atoms with Crippen molar-refractivity contribution in [1.82, 2.24) is 9.80 Å². The Morgan fingerprint density at radius 1 is 1.09 bits per heavy atom. The van der Waals surface area contributed by atoms with E-state index in [1.165, 1.54) is 7.11 Å². The molecule has 2 aliphatic rings. The number of piperidine rings is 1. The Balaban J connectivity index is 1.48. The summed E-state index contributed by atoms with van der Waals surface area (Å²) in [6.07, 6.45) is 1.23. The van der Waals surface area contributed by atoms with Gasteiger partial charge in [0.25, 0.3) is 5.91 Å². The number of nitrogens with zero attached hydrogens (tertiary/aromatic N) is 2. The predicted octanol–water partition coefficient (Wildman–Crippen LogP) is 2.97. The number of esters is 1. The van der Waals surface area contributed by atoms with Gasteiger partial charge in [-0.15, -0.1) is 0 Å². The number of hydrogen-bond donors (Lipinski definition) is 0. The van der Waals surface area contributed by atoms with E-state index in [1.807, 2.05) is 31.2 Å². The second-order valence-corrected chi connectivity index (χ2v) is 8.21.